The zero-order chi connectivity index (χ0) is 13.5. The van der Waals surface area contributed by atoms with E-state index in [-0.39, 0.29) is 24.1 Å². The van der Waals surface area contributed by atoms with Gasteiger partial charge >= 0.3 is 0 Å². The van der Waals surface area contributed by atoms with E-state index >= 15 is 0 Å². The van der Waals surface area contributed by atoms with Crippen LogP contribution in [0.3, 0.4) is 0 Å². The lowest BCUT2D eigenvalue weighted by molar-refractivity contribution is -0.123. The number of carbonyl (C=O) groups is 2. The van der Waals surface area contributed by atoms with Crippen LogP contribution in [0.25, 0.3) is 0 Å². The number of hydrogen-bond donors (Lipinski definition) is 1. The molecule has 0 radical (unpaired) electrons. The van der Waals surface area contributed by atoms with Crippen LogP contribution in [0.4, 0.5) is 0 Å². The summed E-state index contributed by atoms with van der Waals surface area (Å²) in [5.74, 6) is 0.0953. The fraction of sp³-hybridized carbons (Fsp3) is 0.385. The highest BCUT2D eigenvalue weighted by Crippen LogP contribution is 2.24. The summed E-state index contributed by atoms with van der Waals surface area (Å²) in [6, 6.07) is 4.96. The van der Waals surface area contributed by atoms with Crippen molar-refractivity contribution < 1.29 is 14.3 Å². The van der Waals surface area contributed by atoms with Gasteiger partial charge < -0.3 is 10.1 Å². The van der Waals surface area contributed by atoms with Gasteiger partial charge in [0.2, 0.25) is 0 Å². The highest BCUT2D eigenvalue weighted by atomic mass is 35.5. The maximum absolute atomic E-state index is 11.5. The Balaban J connectivity index is 2.61. The number of halogens is 1. The molecule has 0 aromatic heterocycles. The second-order valence-corrected chi connectivity index (χ2v) is 4.34. The van der Waals surface area contributed by atoms with Crippen LogP contribution >= 0.6 is 11.6 Å². The molecule has 0 bridgehead atoms. The Morgan fingerprint density at radius 3 is 2.89 bits per heavy atom. The highest BCUT2D eigenvalue weighted by molar-refractivity contribution is 6.33. The van der Waals surface area contributed by atoms with Crippen LogP contribution in [0.1, 0.15) is 30.6 Å². The van der Waals surface area contributed by atoms with Crippen LogP contribution in [0.5, 0.6) is 5.75 Å². The van der Waals surface area contributed by atoms with Crippen LogP contribution in [0.2, 0.25) is 5.02 Å². The number of rotatable bonds is 6. The van der Waals surface area contributed by atoms with Crippen LogP contribution in [-0.4, -0.2) is 24.8 Å². The predicted molar refractivity (Wildman–Crippen MR) is 70.2 cm³/mol. The summed E-state index contributed by atoms with van der Waals surface area (Å²) in [5.41, 5.74) is 0.260. The Hall–Kier alpha value is -1.55. The number of amides is 1. The van der Waals surface area contributed by atoms with Crippen molar-refractivity contribution in [3.63, 3.8) is 0 Å². The largest absolute Gasteiger partial charge is 0.483 e. The lowest BCUT2D eigenvalue weighted by atomic mass is 10.2. The molecule has 1 amide bonds. The van der Waals surface area contributed by atoms with Crippen LogP contribution in [0, 0.1) is 0 Å². The van der Waals surface area contributed by atoms with E-state index < -0.39 is 0 Å². The van der Waals surface area contributed by atoms with E-state index in [9.17, 15) is 9.59 Å². The van der Waals surface area contributed by atoms with Crippen molar-refractivity contribution in [2.24, 2.45) is 0 Å². The van der Waals surface area contributed by atoms with Crippen molar-refractivity contribution in [2.45, 2.75) is 26.3 Å². The molecule has 0 aliphatic heterocycles. The summed E-state index contributed by atoms with van der Waals surface area (Å²) in [7, 11) is 0. The van der Waals surface area contributed by atoms with Crippen molar-refractivity contribution in [3.8, 4) is 5.75 Å². The third kappa shape index (κ3) is 4.04. The maximum atomic E-state index is 11.5. The Labute approximate surface area is 111 Å². The summed E-state index contributed by atoms with van der Waals surface area (Å²) < 4.78 is 5.29. The number of ether oxygens (including phenoxy) is 1. The van der Waals surface area contributed by atoms with Gasteiger partial charge in [-0.05, 0) is 25.5 Å². The number of hydrogen-bond acceptors (Lipinski definition) is 3. The van der Waals surface area contributed by atoms with E-state index in [0.29, 0.717) is 17.1 Å². The van der Waals surface area contributed by atoms with Crippen molar-refractivity contribution in [1.82, 2.24) is 5.32 Å². The molecule has 1 aromatic carbocycles. The lowest BCUT2D eigenvalue weighted by Crippen LogP contribution is -2.35. The molecular weight excluding hydrogens is 254 g/mol. The zero-order valence-corrected chi connectivity index (χ0v) is 11.2. The average molecular weight is 270 g/mol. The first kappa shape index (κ1) is 14.5. The minimum atomic E-state index is -0.221. The molecule has 1 atom stereocenters. The van der Waals surface area contributed by atoms with E-state index in [1.807, 2.05) is 13.8 Å². The molecule has 1 aromatic rings. The molecular formula is C13H16ClNO3. The predicted octanol–water partition coefficient (Wildman–Crippen LogP) is 2.45. The van der Waals surface area contributed by atoms with Gasteiger partial charge in [-0.15, -0.1) is 0 Å². The topological polar surface area (TPSA) is 55.4 Å². The highest BCUT2D eigenvalue weighted by Gasteiger charge is 2.10. The molecule has 18 heavy (non-hydrogen) atoms. The van der Waals surface area contributed by atoms with E-state index in [0.717, 1.165) is 6.42 Å². The summed E-state index contributed by atoms with van der Waals surface area (Å²) >= 11 is 5.84. The molecule has 4 nitrogen and oxygen atoms in total. The van der Waals surface area contributed by atoms with E-state index in [1.165, 1.54) is 0 Å². The molecule has 1 rings (SSSR count). The van der Waals surface area contributed by atoms with Gasteiger partial charge in [-0.2, -0.15) is 0 Å². The quantitative estimate of drug-likeness (QED) is 0.807. The van der Waals surface area contributed by atoms with E-state index in [1.54, 1.807) is 18.2 Å². The molecule has 0 spiro atoms. The maximum Gasteiger partial charge on any atom is 0.258 e. The summed E-state index contributed by atoms with van der Waals surface area (Å²) in [5, 5.41) is 3.08. The van der Waals surface area contributed by atoms with E-state index in [2.05, 4.69) is 5.32 Å². The summed E-state index contributed by atoms with van der Waals surface area (Å²) in [4.78, 5) is 22.4. The lowest BCUT2D eigenvalue weighted by Gasteiger charge is -2.13. The molecule has 0 heterocycles. The van der Waals surface area contributed by atoms with Crippen LogP contribution in [-0.2, 0) is 4.79 Å². The van der Waals surface area contributed by atoms with Gasteiger partial charge in [0.25, 0.3) is 5.91 Å². The van der Waals surface area contributed by atoms with Crippen LogP contribution < -0.4 is 10.1 Å². The van der Waals surface area contributed by atoms with Gasteiger partial charge in [0.05, 0.1) is 10.6 Å². The Morgan fingerprint density at radius 2 is 2.28 bits per heavy atom. The molecule has 0 saturated carbocycles. The Kier molecular flexibility index (Phi) is 5.65. The van der Waals surface area contributed by atoms with Crippen molar-refractivity contribution in [3.05, 3.63) is 28.8 Å². The molecule has 98 valence electrons. The standard InChI is InChI=1S/C13H16ClNO3/c1-3-9(2)15-13(17)8-18-12-6-4-5-11(14)10(12)7-16/h4-7,9H,3,8H2,1-2H3,(H,15,17). The van der Waals surface area contributed by atoms with Crippen molar-refractivity contribution in [1.29, 1.82) is 0 Å². The number of carbonyl (C=O) groups excluding carboxylic acids is 2. The zero-order valence-electron chi connectivity index (χ0n) is 10.4. The first-order chi connectivity index (χ1) is 8.58. The Bertz CT molecular complexity index is 434. The second kappa shape index (κ2) is 7.01. The minimum Gasteiger partial charge on any atom is -0.483 e. The second-order valence-electron chi connectivity index (χ2n) is 3.93. The van der Waals surface area contributed by atoms with Gasteiger partial charge in [0.15, 0.2) is 12.9 Å². The fourth-order valence-corrected chi connectivity index (χ4v) is 1.53. The summed E-state index contributed by atoms with van der Waals surface area (Å²) in [6.45, 7) is 3.76. The van der Waals surface area contributed by atoms with Gasteiger partial charge in [0, 0.05) is 6.04 Å². The van der Waals surface area contributed by atoms with Crippen molar-refractivity contribution >= 4 is 23.8 Å². The monoisotopic (exact) mass is 269 g/mol. The molecule has 0 fully saturated rings. The van der Waals surface area contributed by atoms with Crippen LogP contribution in [0.15, 0.2) is 18.2 Å². The van der Waals surface area contributed by atoms with Gasteiger partial charge in [-0.1, -0.05) is 24.6 Å². The third-order valence-corrected chi connectivity index (χ3v) is 2.84. The summed E-state index contributed by atoms with van der Waals surface area (Å²) in [6.07, 6.45) is 1.47. The smallest absolute Gasteiger partial charge is 0.258 e. The number of aldehydes is 1. The van der Waals surface area contributed by atoms with Crippen molar-refractivity contribution in [2.75, 3.05) is 6.61 Å². The first-order valence-electron chi connectivity index (χ1n) is 5.74. The molecule has 1 unspecified atom stereocenters. The minimum absolute atomic E-state index is 0.103. The third-order valence-electron chi connectivity index (χ3n) is 2.51. The SMILES string of the molecule is CCC(C)NC(=O)COc1cccc(Cl)c1C=O. The van der Waals surface area contributed by atoms with Gasteiger partial charge in [0.1, 0.15) is 5.75 Å². The molecule has 5 heteroatoms. The number of nitrogens with one attached hydrogen (secondary N) is 1. The molecule has 0 saturated heterocycles. The normalized spacial score (nSPS) is 11.7. The number of benzene rings is 1. The van der Waals surface area contributed by atoms with Gasteiger partial charge in [-0.25, -0.2) is 0 Å². The average Bonchev–Trinajstić information content (AvgIpc) is 2.36. The molecule has 1 N–H and O–H groups in total. The van der Waals surface area contributed by atoms with E-state index in [4.69, 9.17) is 16.3 Å². The fourth-order valence-electron chi connectivity index (χ4n) is 1.32. The Morgan fingerprint density at radius 1 is 1.56 bits per heavy atom. The first-order valence-corrected chi connectivity index (χ1v) is 6.12. The molecule has 0 aliphatic rings. The van der Waals surface area contributed by atoms with Gasteiger partial charge in [-0.3, -0.25) is 9.59 Å². The molecule has 0 aliphatic carbocycles.